The predicted molar refractivity (Wildman–Crippen MR) is 119 cm³/mol. The SMILES string of the molecule is C[C@@H]1CN(c2ncnc3c2ccn3C2CCCC(F)(F)C2)[C@@H](C)CN1C(=O)OC(C)(C)C. The van der Waals surface area contributed by atoms with Crippen LogP contribution in [0.2, 0.25) is 0 Å². The Morgan fingerprint density at radius 1 is 1.19 bits per heavy atom. The zero-order chi connectivity index (χ0) is 23.3. The molecule has 4 rings (SSSR count). The van der Waals surface area contributed by atoms with Crippen molar-refractivity contribution in [2.75, 3.05) is 18.0 Å². The Bertz CT molecular complexity index is 986. The zero-order valence-corrected chi connectivity index (χ0v) is 19.5. The Morgan fingerprint density at radius 3 is 2.62 bits per heavy atom. The zero-order valence-electron chi connectivity index (χ0n) is 19.5. The van der Waals surface area contributed by atoms with E-state index in [1.165, 1.54) is 6.33 Å². The third-order valence-corrected chi connectivity index (χ3v) is 6.38. The van der Waals surface area contributed by atoms with Crippen molar-refractivity contribution in [2.45, 2.75) is 90.0 Å². The Morgan fingerprint density at radius 2 is 1.94 bits per heavy atom. The summed E-state index contributed by atoms with van der Waals surface area (Å²) in [5, 5.41) is 0.853. The van der Waals surface area contributed by atoms with Crippen LogP contribution in [-0.2, 0) is 4.74 Å². The molecule has 3 heterocycles. The maximum atomic E-state index is 14.0. The number of ether oxygens (including phenoxy) is 1. The average Bonchev–Trinajstić information content (AvgIpc) is 3.11. The maximum absolute atomic E-state index is 14.0. The number of carbonyl (C=O) groups is 1. The number of alkyl halides is 2. The number of fused-ring (bicyclic) bond motifs is 1. The minimum atomic E-state index is -2.63. The largest absolute Gasteiger partial charge is 0.444 e. The molecule has 176 valence electrons. The van der Waals surface area contributed by atoms with Crippen LogP contribution in [-0.4, -0.2) is 62.2 Å². The second kappa shape index (κ2) is 8.15. The summed E-state index contributed by atoms with van der Waals surface area (Å²) < 4.78 is 35.5. The van der Waals surface area contributed by atoms with Gasteiger partial charge in [-0.1, -0.05) is 0 Å². The number of piperazine rings is 1. The fourth-order valence-corrected chi connectivity index (χ4v) is 4.86. The van der Waals surface area contributed by atoms with E-state index in [1.54, 1.807) is 4.90 Å². The van der Waals surface area contributed by atoms with E-state index < -0.39 is 11.5 Å². The standard InChI is InChI=1S/C23H33F2N5O2/c1-15-13-30(21(31)32-22(3,4)5)16(2)12-29(15)20-18-8-10-28(19(18)26-14-27-20)17-7-6-9-23(24,25)11-17/h8,10,14-17H,6-7,9,11-13H2,1-5H3/t15-,16+,17?/m0/s1. The van der Waals surface area contributed by atoms with Crippen molar-refractivity contribution >= 4 is 22.9 Å². The third kappa shape index (κ3) is 4.52. The molecule has 2 fully saturated rings. The van der Waals surface area contributed by atoms with E-state index >= 15 is 0 Å². The Hall–Kier alpha value is -2.45. The van der Waals surface area contributed by atoms with Crippen LogP contribution in [0.1, 0.15) is 66.3 Å². The maximum Gasteiger partial charge on any atom is 0.410 e. The molecule has 32 heavy (non-hydrogen) atoms. The van der Waals surface area contributed by atoms with E-state index in [4.69, 9.17) is 4.74 Å². The molecular formula is C23H33F2N5O2. The third-order valence-electron chi connectivity index (χ3n) is 6.38. The number of carbonyl (C=O) groups excluding carboxylic acids is 1. The van der Waals surface area contributed by atoms with Crippen LogP contribution in [0.3, 0.4) is 0 Å². The summed E-state index contributed by atoms with van der Waals surface area (Å²) in [6.07, 6.45) is 4.09. The molecule has 7 nitrogen and oxygen atoms in total. The lowest BCUT2D eigenvalue weighted by atomic mass is 9.92. The molecule has 3 atom stereocenters. The second-order valence-electron chi connectivity index (χ2n) is 10.2. The minimum Gasteiger partial charge on any atom is -0.444 e. The van der Waals surface area contributed by atoms with Crippen molar-refractivity contribution in [3.05, 3.63) is 18.6 Å². The molecule has 1 aliphatic heterocycles. The van der Waals surface area contributed by atoms with Gasteiger partial charge in [-0.3, -0.25) is 0 Å². The highest BCUT2D eigenvalue weighted by Gasteiger charge is 2.38. The highest BCUT2D eigenvalue weighted by molar-refractivity contribution is 5.88. The van der Waals surface area contributed by atoms with Gasteiger partial charge in [0, 0.05) is 50.3 Å². The first kappa shape index (κ1) is 22.7. The number of hydrogen-bond acceptors (Lipinski definition) is 5. The Balaban J connectivity index is 1.58. The van der Waals surface area contributed by atoms with Gasteiger partial charge in [0.05, 0.1) is 5.39 Å². The lowest BCUT2D eigenvalue weighted by Crippen LogP contribution is -2.59. The van der Waals surface area contributed by atoms with Crippen molar-refractivity contribution in [1.29, 1.82) is 0 Å². The summed E-state index contributed by atoms with van der Waals surface area (Å²) in [6.45, 7) is 10.7. The van der Waals surface area contributed by atoms with Gasteiger partial charge in [-0.25, -0.2) is 23.5 Å². The van der Waals surface area contributed by atoms with Gasteiger partial charge in [-0.15, -0.1) is 0 Å². The van der Waals surface area contributed by atoms with Crippen LogP contribution < -0.4 is 4.90 Å². The minimum absolute atomic E-state index is 0.0131. The van der Waals surface area contributed by atoms with Crippen molar-refractivity contribution in [3.8, 4) is 0 Å². The summed E-state index contributed by atoms with van der Waals surface area (Å²) >= 11 is 0. The fourth-order valence-electron chi connectivity index (χ4n) is 4.86. The number of amides is 1. The average molecular weight is 450 g/mol. The van der Waals surface area contributed by atoms with E-state index in [2.05, 4.69) is 21.8 Å². The first-order chi connectivity index (χ1) is 15.0. The van der Waals surface area contributed by atoms with E-state index in [1.807, 2.05) is 44.5 Å². The quantitative estimate of drug-likeness (QED) is 0.645. The van der Waals surface area contributed by atoms with Gasteiger partial charge in [0.25, 0.3) is 0 Å². The van der Waals surface area contributed by atoms with Gasteiger partial charge in [0.2, 0.25) is 5.92 Å². The number of aromatic nitrogens is 3. The summed E-state index contributed by atoms with van der Waals surface area (Å²) in [5.74, 6) is -1.85. The van der Waals surface area contributed by atoms with Crippen LogP contribution in [0.15, 0.2) is 18.6 Å². The molecule has 9 heteroatoms. The molecule has 0 spiro atoms. The van der Waals surface area contributed by atoms with Crippen molar-refractivity contribution in [3.63, 3.8) is 0 Å². The molecule has 2 aromatic rings. The van der Waals surface area contributed by atoms with Crippen LogP contribution in [0, 0.1) is 0 Å². The number of nitrogens with zero attached hydrogens (tertiary/aromatic N) is 5. The van der Waals surface area contributed by atoms with Gasteiger partial charge in [-0.2, -0.15) is 0 Å². The topological polar surface area (TPSA) is 63.5 Å². The molecule has 1 amide bonds. The normalized spacial score (nSPS) is 26.4. The van der Waals surface area contributed by atoms with Gasteiger partial charge in [-0.05, 0) is 53.5 Å². The first-order valence-corrected chi connectivity index (χ1v) is 11.4. The van der Waals surface area contributed by atoms with Gasteiger partial charge < -0.3 is 19.1 Å². The van der Waals surface area contributed by atoms with Crippen molar-refractivity contribution in [2.24, 2.45) is 0 Å². The summed E-state index contributed by atoms with van der Waals surface area (Å²) in [6, 6.07) is 1.61. The molecule has 0 radical (unpaired) electrons. The monoisotopic (exact) mass is 449 g/mol. The second-order valence-corrected chi connectivity index (χ2v) is 10.2. The lowest BCUT2D eigenvalue weighted by molar-refractivity contribution is -0.0491. The van der Waals surface area contributed by atoms with E-state index in [-0.39, 0.29) is 37.1 Å². The number of anilines is 1. The molecule has 1 aliphatic carbocycles. The molecule has 1 unspecified atom stereocenters. The Kier molecular flexibility index (Phi) is 5.79. The van der Waals surface area contributed by atoms with Crippen molar-refractivity contribution in [1.82, 2.24) is 19.4 Å². The molecule has 0 aromatic carbocycles. The van der Waals surface area contributed by atoms with E-state index in [9.17, 15) is 13.6 Å². The van der Waals surface area contributed by atoms with E-state index in [0.717, 1.165) is 17.6 Å². The predicted octanol–water partition coefficient (Wildman–Crippen LogP) is 5.02. The van der Waals surface area contributed by atoms with Crippen LogP contribution in [0.25, 0.3) is 11.0 Å². The molecule has 2 aliphatic rings. The van der Waals surface area contributed by atoms with Gasteiger partial charge >= 0.3 is 6.09 Å². The molecular weight excluding hydrogens is 416 g/mol. The lowest BCUT2D eigenvalue weighted by Gasteiger charge is -2.44. The summed E-state index contributed by atoms with van der Waals surface area (Å²) in [5.41, 5.74) is 0.140. The van der Waals surface area contributed by atoms with Crippen molar-refractivity contribution < 1.29 is 18.3 Å². The summed E-state index contributed by atoms with van der Waals surface area (Å²) in [7, 11) is 0. The van der Waals surface area contributed by atoms with Crippen LogP contribution in [0.4, 0.5) is 19.4 Å². The number of halogens is 2. The smallest absolute Gasteiger partial charge is 0.410 e. The van der Waals surface area contributed by atoms with E-state index in [0.29, 0.717) is 25.2 Å². The van der Waals surface area contributed by atoms with Gasteiger partial charge in [0.15, 0.2) is 0 Å². The first-order valence-electron chi connectivity index (χ1n) is 11.4. The number of rotatable bonds is 2. The number of hydrogen-bond donors (Lipinski definition) is 0. The molecule has 1 saturated carbocycles. The molecule has 2 aromatic heterocycles. The van der Waals surface area contributed by atoms with Crippen LogP contribution in [0.5, 0.6) is 0 Å². The fraction of sp³-hybridized carbons (Fsp3) is 0.696. The molecule has 0 N–H and O–H groups in total. The molecule has 1 saturated heterocycles. The highest BCUT2D eigenvalue weighted by atomic mass is 19.3. The van der Waals surface area contributed by atoms with Crippen LogP contribution >= 0.6 is 0 Å². The summed E-state index contributed by atoms with van der Waals surface area (Å²) in [4.78, 5) is 25.6. The highest BCUT2D eigenvalue weighted by Crippen LogP contribution is 2.41. The Labute approximate surface area is 187 Å². The molecule has 0 bridgehead atoms. The van der Waals surface area contributed by atoms with Gasteiger partial charge in [0.1, 0.15) is 23.4 Å².